The van der Waals surface area contributed by atoms with Crippen LogP contribution >= 0.6 is 11.8 Å². The third-order valence-corrected chi connectivity index (χ3v) is 4.13. The Kier molecular flexibility index (Phi) is 6.07. The minimum Gasteiger partial charge on any atom is -0.378 e. The number of benzene rings is 1. The summed E-state index contributed by atoms with van der Waals surface area (Å²) in [5.41, 5.74) is 7.63. The van der Waals surface area contributed by atoms with Crippen molar-refractivity contribution >= 4 is 23.1 Å². The Labute approximate surface area is 130 Å². The lowest BCUT2D eigenvalue weighted by Gasteiger charge is -2.20. The van der Waals surface area contributed by atoms with Crippen LogP contribution in [-0.2, 0) is 0 Å². The molecule has 0 spiro atoms. The predicted molar refractivity (Wildman–Crippen MR) is 90.8 cm³/mol. The van der Waals surface area contributed by atoms with Gasteiger partial charge in [0.25, 0.3) is 0 Å². The van der Waals surface area contributed by atoms with Gasteiger partial charge in [0, 0.05) is 32.5 Å². The molecule has 1 atom stereocenters. The minimum atomic E-state index is 0.0521. The second-order valence-corrected chi connectivity index (χ2v) is 6.07. The number of hydrogen-bond donors (Lipinski definition) is 1. The van der Waals surface area contributed by atoms with Crippen molar-refractivity contribution in [3.63, 3.8) is 0 Å². The number of rotatable bonds is 7. The standard InChI is InChI=1S/C15H23N5S/c1-19(2)14-7-5-13(6-8-14)17-18-15-20(11-12-21-15)10-4-3-9-16/h5-8,11-12,15H,3-4,9-10,16H2,1-2H3. The van der Waals surface area contributed by atoms with Crippen molar-refractivity contribution in [3.8, 4) is 0 Å². The molecule has 6 heteroatoms. The van der Waals surface area contributed by atoms with Crippen molar-refractivity contribution in [1.82, 2.24) is 4.90 Å². The smallest absolute Gasteiger partial charge is 0.193 e. The van der Waals surface area contributed by atoms with Crippen LogP contribution in [0.1, 0.15) is 12.8 Å². The normalized spacial score (nSPS) is 17.9. The van der Waals surface area contributed by atoms with Crippen LogP contribution < -0.4 is 10.6 Å². The van der Waals surface area contributed by atoms with E-state index in [4.69, 9.17) is 5.73 Å². The molecule has 0 aromatic heterocycles. The highest BCUT2D eigenvalue weighted by Gasteiger charge is 2.18. The fourth-order valence-corrected chi connectivity index (χ4v) is 2.79. The van der Waals surface area contributed by atoms with E-state index in [0.717, 1.165) is 37.3 Å². The second kappa shape index (κ2) is 8.05. The first kappa shape index (κ1) is 15.9. The maximum atomic E-state index is 5.53. The number of hydrogen-bond acceptors (Lipinski definition) is 6. The van der Waals surface area contributed by atoms with Crippen LogP contribution in [0.5, 0.6) is 0 Å². The van der Waals surface area contributed by atoms with Gasteiger partial charge in [0.15, 0.2) is 5.50 Å². The summed E-state index contributed by atoms with van der Waals surface area (Å²) in [5, 5.41) is 10.9. The van der Waals surface area contributed by atoms with E-state index in [1.807, 2.05) is 38.4 Å². The fourth-order valence-electron chi connectivity index (χ4n) is 1.99. The minimum absolute atomic E-state index is 0.0521. The first-order valence-corrected chi connectivity index (χ1v) is 8.11. The Morgan fingerprint density at radius 2 is 2.00 bits per heavy atom. The van der Waals surface area contributed by atoms with Gasteiger partial charge in [-0.15, -0.1) is 0 Å². The molecule has 0 fully saturated rings. The SMILES string of the molecule is CN(C)c1ccc(N=NC2SC=CN2CCCCN)cc1. The van der Waals surface area contributed by atoms with Gasteiger partial charge in [-0.3, -0.25) is 0 Å². The van der Waals surface area contributed by atoms with E-state index < -0.39 is 0 Å². The molecule has 0 aliphatic carbocycles. The molecule has 1 heterocycles. The molecule has 21 heavy (non-hydrogen) atoms. The zero-order valence-corrected chi connectivity index (χ0v) is 13.5. The number of anilines is 1. The maximum absolute atomic E-state index is 5.53. The zero-order valence-electron chi connectivity index (χ0n) is 12.6. The predicted octanol–water partition coefficient (Wildman–Crippen LogP) is 3.38. The molecule has 1 aromatic rings. The van der Waals surface area contributed by atoms with Crippen molar-refractivity contribution < 1.29 is 0 Å². The van der Waals surface area contributed by atoms with E-state index in [-0.39, 0.29) is 5.50 Å². The van der Waals surface area contributed by atoms with Crippen molar-refractivity contribution in [2.75, 3.05) is 32.1 Å². The lowest BCUT2D eigenvalue weighted by Crippen LogP contribution is -2.24. The highest BCUT2D eigenvalue weighted by Crippen LogP contribution is 2.28. The molecule has 0 radical (unpaired) electrons. The quantitative estimate of drug-likeness (QED) is 0.620. The summed E-state index contributed by atoms with van der Waals surface area (Å²) < 4.78 is 0. The van der Waals surface area contributed by atoms with Crippen molar-refractivity contribution in [2.24, 2.45) is 16.0 Å². The Hall–Kier alpha value is -1.53. The number of azo groups is 1. The van der Waals surface area contributed by atoms with Gasteiger partial charge in [-0.2, -0.15) is 10.2 Å². The van der Waals surface area contributed by atoms with E-state index >= 15 is 0 Å². The van der Waals surface area contributed by atoms with Gasteiger partial charge in [0.2, 0.25) is 0 Å². The van der Waals surface area contributed by atoms with Crippen molar-refractivity contribution in [3.05, 3.63) is 35.9 Å². The Morgan fingerprint density at radius 1 is 1.24 bits per heavy atom. The molecule has 0 saturated heterocycles. The molecule has 2 N–H and O–H groups in total. The molecule has 0 amide bonds. The van der Waals surface area contributed by atoms with Crippen LogP contribution in [0.25, 0.3) is 0 Å². The largest absolute Gasteiger partial charge is 0.378 e. The molecule has 0 bridgehead atoms. The maximum Gasteiger partial charge on any atom is 0.193 e. The van der Waals surface area contributed by atoms with Gasteiger partial charge < -0.3 is 15.5 Å². The van der Waals surface area contributed by atoms with Crippen LogP contribution in [-0.4, -0.2) is 37.6 Å². The van der Waals surface area contributed by atoms with E-state index in [0.29, 0.717) is 0 Å². The average molecular weight is 305 g/mol. The van der Waals surface area contributed by atoms with Crippen molar-refractivity contribution in [1.29, 1.82) is 0 Å². The summed E-state index contributed by atoms with van der Waals surface area (Å²) in [6, 6.07) is 8.08. The van der Waals surface area contributed by atoms with Gasteiger partial charge in [0.1, 0.15) is 0 Å². The molecule has 114 valence electrons. The Morgan fingerprint density at radius 3 is 2.67 bits per heavy atom. The number of nitrogens with two attached hydrogens (primary N) is 1. The highest BCUT2D eigenvalue weighted by atomic mass is 32.2. The molecular weight excluding hydrogens is 282 g/mol. The van der Waals surface area contributed by atoms with Crippen LogP contribution in [0.3, 0.4) is 0 Å². The van der Waals surface area contributed by atoms with Gasteiger partial charge >= 0.3 is 0 Å². The van der Waals surface area contributed by atoms with Crippen LogP contribution in [0.4, 0.5) is 11.4 Å². The summed E-state index contributed by atoms with van der Waals surface area (Å²) in [7, 11) is 4.05. The monoisotopic (exact) mass is 305 g/mol. The molecular formula is C15H23N5S. The topological polar surface area (TPSA) is 57.2 Å². The average Bonchev–Trinajstić information content (AvgIpc) is 2.93. The number of unbranched alkanes of at least 4 members (excludes halogenated alkanes) is 1. The van der Waals surface area contributed by atoms with Crippen LogP contribution in [0.15, 0.2) is 46.1 Å². The molecule has 1 aliphatic heterocycles. The molecule has 1 unspecified atom stereocenters. The fraction of sp³-hybridized carbons (Fsp3) is 0.467. The van der Waals surface area contributed by atoms with E-state index in [1.165, 1.54) is 0 Å². The van der Waals surface area contributed by atoms with Crippen LogP contribution in [0, 0.1) is 0 Å². The third-order valence-electron chi connectivity index (χ3n) is 3.24. The van der Waals surface area contributed by atoms with E-state index in [1.54, 1.807) is 11.8 Å². The first-order chi connectivity index (χ1) is 10.2. The summed E-state index contributed by atoms with van der Waals surface area (Å²) in [6.07, 6.45) is 4.22. The highest BCUT2D eigenvalue weighted by molar-refractivity contribution is 8.02. The van der Waals surface area contributed by atoms with E-state index in [9.17, 15) is 0 Å². The Balaban J connectivity index is 1.90. The lowest BCUT2D eigenvalue weighted by atomic mass is 10.3. The molecule has 5 nitrogen and oxygen atoms in total. The zero-order chi connectivity index (χ0) is 15.1. The molecule has 0 saturated carbocycles. The van der Waals surface area contributed by atoms with Gasteiger partial charge in [0.05, 0.1) is 5.69 Å². The number of thioether (sulfide) groups is 1. The summed E-state index contributed by atoms with van der Waals surface area (Å²) >= 11 is 1.68. The van der Waals surface area contributed by atoms with Gasteiger partial charge in [-0.25, -0.2) is 0 Å². The summed E-state index contributed by atoms with van der Waals surface area (Å²) in [5.74, 6) is 0. The summed E-state index contributed by atoms with van der Waals surface area (Å²) in [4.78, 5) is 4.27. The van der Waals surface area contributed by atoms with Gasteiger partial charge in [-0.05, 0) is 49.1 Å². The van der Waals surface area contributed by atoms with Gasteiger partial charge in [-0.1, -0.05) is 11.8 Å². The molecule has 1 aliphatic rings. The third kappa shape index (κ3) is 4.75. The molecule has 2 rings (SSSR count). The van der Waals surface area contributed by atoms with Crippen molar-refractivity contribution in [2.45, 2.75) is 18.3 Å². The number of nitrogens with zero attached hydrogens (tertiary/aromatic N) is 4. The second-order valence-electron chi connectivity index (χ2n) is 5.11. The first-order valence-electron chi connectivity index (χ1n) is 7.17. The lowest BCUT2D eigenvalue weighted by molar-refractivity contribution is 0.352. The van der Waals surface area contributed by atoms with Crippen LogP contribution in [0.2, 0.25) is 0 Å². The molecule has 1 aromatic carbocycles. The Bertz CT molecular complexity index is 483. The summed E-state index contributed by atoms with van der Waals surface area (Å²) in [6.45, 7) is 1.72. The van der Waals surface area contributed by atoms with E-state index in [2.05, 4.69) is 31.6 Å².